The second kappa shape index (κ2) is 10.5. The summed E-state index contributed by atoms with van der Waals surface area (Å²) in [6.07, 6.45) is 2.40. The Kier molecular flexibility index (Phi) is 8.42. The van der Waals surface area contributed by atoms with Crippen LogP contribution in [-0.4, -0.2) is 23.3 Å². The Bertz CT molecular complexity index is 720. The molecule has 0 aliphatic rings. The predicted octanol–water partition coefficient (Wildman–Crippen LogP) is 6.36. The second-order valence-electron chi connectivity index (χ2n) is 6.50. The molecule has 2 N–H and O–H groups in total. The minimum Gasteiger partial charge on any atom is -0.391 e. The fourth-order valence-electron chi connectivity index (χ4n) is 3.06. The number of carbonyl (C=O) groups is 1. The molecule has 0 saturated heterocycles. The van der Waals surface area contributed by atoms with Crippen molar-refractivity contribution in [2.24, 2.45) is 0 Å². The Morgan fingerprint density at radius 2 is 1.48 bits per heavy atom. The molecule has 0 saturated carbocycles. The summed E-state index contributed by atoms with van der Waals surface area (Å²) in [6, 6.07) is 13.4. The Labute approximate surface area is 171 Å². The maximum atomic E-state index is 13.1. The van der Waals surface area contributed by atoms with E-state index in [0.29, 0.717) is 34.3 Å². The SMILES string of the molecule is CCCC(O)C(CCC)N(C(=O)Nc1ccc(Cl)cc1)c1ccc(Cl)cc1. The largest absolute Gasteiger partial charge is 0.391 e. The zero-order valence-electron chi connectivity index (χ0n) is 15.7. The van der Waals surface area contributed by atoms with Gasteiger partial charge in [-0.2, -0.15) is 0 Å². The van der Waals surface area contributed by atoms with Crippen LogP contribution < -0.4 is 10.2 Å². The van der Waals surface area contributed by atoms with Gasteiger partial charge in [0, 0.05) is 21.4 Å². The van der Waals surface area contributed by atoms with E-state index in [1.54, 1.807) is 53.4 Å². The Morgan fingerprint density at radius 3 is 2.00 bits per heavy atom. The van der Waals surface area contributed by atoms with Gasteiger partial charge in [0.2, 0.25) is 0 Å². The van der Waals surface area contributed by atoms with Gasteiger partial charge in [-0.1, -0.05) is 49.9 Å². The second-order valence-corrected chi connectivity index (χ2v) is 7.37. The molecule has 2 amide bonds. The van der Waals surface area contributed by atoms with Crippen molar-refractivity contribution in [2.45, 2.75) is 51.7 Å². The van der Waals surface area contributed by atoms with Crippen LogP contribution in [0.1, 0.15) is 39.5 Å². The van der Waals surface area contributed by atoms with E-state index < -0.39 is 6.10 Å². The molecule has 6 heteroatoms. The van der Waals surface area contributed by atoms with E-state index in [9.17, 15) is 9.90 Å². The number of nitrogens with zero attached hydrogens (tertiary/aromatic N) is 1. The van der Waals surface area contributed by atoms with Crippen molar-refractivity contribution in [3.63, 3.8) is 0 Å². The van der Waals surface area contributed by atoms with Crippen molar-refractivity contribution in [3.05, 3.63) is 58.6 Å². The van der Waals surface area contributed by atoms with Gasteiger partial charge in [-0.05, 0) is 61.4 Å². The number of benzene rings is 2. The number of hydrogen-bond donors (Lipinski definition) is 2. The first kappa shape index (κ1) is 21.5. The number of urea groups is 1. The van der Waals surface area contributed by atoms with Gasteiger partial charge in [-0.3, -0.25) is 4.90 Å². The molecule has 0 fully saturated rings. The van der Waals surface area contributed by atoms with E-state index in [-0.39, 0.29) is 12.1 Å². The van der Waals surface area contributed by atoms with Crippen LogP contribution in [0, 0.1) is 0 Å². The van der Waals surface area contributed by atoms with Crippen molar-refractivity contribution in [2.75, 3.05) is 10.2 Å². The summed E-state index contributed by atoms with van der Waals surface area (Å²) in [5.74, 6) is 0. The molecule has 2 aromatic carbocycles. The first-order valence-corrected chi connectivity index (χ1v) is 10.0. The molecule has 0 aliphatic heterocycles. The average Bonchev–Trinajstić information content (AvgIpc) is 2.65. The third kappa shape index (κ3) is 6.13. The zero-order chi connectivity index (χ0) is 19.8. The third-order valence-electron chi connectivity index (χ3n) is 4.36. The van der Waals surface area contributed by atoms with Gasteiger partial charge in [0.15, 0.2) is 0 Å². The summed E-state index contributed by atoms with van der Waals surface area (Å²) >= 11 is 11.9. The summed E-state index contributed by atoms with van der Waals surface area (Å²) in [5.41, 5.74) is 1.34. The van der Waals surface area contributed by atoms with Gasteiger partial charge < -0.3 is 10.4 Å². The first-order chi connectivity index (χ1) is 13.0. The molecule has 0 radical (unpaired) electrons. The monoisotopic (exact) mass is 408 g/mol. The molecule has 2 unspecified atom stereocenters. The summed E-state index contributed by atoms with van der Waals surface area (Å²) in [4.78, 5) is 14.8. The first-order valence-electron chi connectivity index (χ1n) is 9.25. The normalized spacial score (nSPS) is 13.1. The third-order valence-corrected chi connectivity index (χ3v) is 4.87. The number of anilines is 2. The van der Waals surface area contributed by atoms with Crippen LogP contribution in [-0.2, 0) is 0 Å². The van der Waals surface area contributed by atoms with Crippen LogP contribution in [0.15, 0.2) is 48.5 Å². The average molecular weight is 409 g/mol. The minimum absolute atomic E-state index is 0.298. The van der Waals surface area contributed by atoms with Crippen LogP contribution in [0.2, 0.25) is 10.0 Å². The molecular formula is C21H26Cl2N2O2. The maximum absolute atomic E-state index is 13.1. The molecule has 2 aromatic rings. The van der Waals surface area contributed by atoms with E-state index in [1.807, 2.05) is 13.8 Å². The smallest absolute Gasteiger partial charge is 0.326 e. The topological polar surface area (TPSA) is 52.6 Å². The van der Waals surface area contributed by atoms with Crippen molar-refractivity contribution in [1.29, 1.82) is 0 Å². The van der Waals surface area contributed by atoms with Gasteiger partial charge in [0.25, 0.3) is 0 Å². The summed E-state index contributed by atoms with van der Waals surface area (Å²) < 4.78 is 0. The Morgan fingerprint density at radius 1 is 0.963 bits per heavy atom. The fraction of sp³-hybridized carbons (Fsp3) is 0.381. The number of hydrogen-bond acceptors (Lipinski definition) is 2. The highest BCUT2D eigenvalue weighted by Crippen LogP contribution is 2.26. The number of halogens is 2. The Hall–Kier alpha value is -1.75. The lowest BCUT2D eigenvalue weighted by molar-refractivity contribution is 0.127. The highest BCUT2D eigenvalue weighted by molar-refractivity contribution is 6.31. The Balaban J connectivity index is 2.35. The standard InChI is InChI=1S/C21H26Cl2N2O2/c1-3-5-19(20(26)6-4-2)25(18-13-9-16(23)10-14-18)21(27)24-17-11-7-15(22)8-12-17/h7-14,19-20,26H,3-6H2,1-2H3,(H,24,27). The molecule has 27 heavy (non-hydrogen) atoms. The number of carbonyl (C=O) groups excluding carboxylic acids is 1. The van der Waals surface area contributed by atoms with E-state index in [1.165, 1.54) is 0 Å². The molecule has 0 aliphatic carbocycles. The predicted molar refractivity (Wildman–Crippen MR) is 114 cm³/mol. The van der Waals surface area contributed by atoms with Gasteiger partial charge in [-0.15, -0.1) is 0 Å². The van der Waals surface area contributed by atoms with Gasteiger partial charge in [-0.25, -0.2) is 4.79 Å². The van der Waals surface area contributed by atoms with Gasteiger partial charge in [0.1, 0.15) is 0 Å². The molecule has 4 nitrogen and oxygen atoms in total. The van der Waals surface area contributed by atoms with Crippen LogP contribution >= 0.6 is 23.2 Å². The van der Waals surface area contributed by atoms with Crippen LogP contribution in [0.3, 0.4) is 0 Å². The molecule has 146 valence electrons. The maximum Gasteiger partial charge on any atom is 0.326 e. The number of amides is 2. The lowest BCUT2D eigenvalue weighted by Crippen LogP contribution is -2.49. The summed E-state index contributed by atoms with van der Waals surface area (Å²) in [7, 11) is 0. The number of aliphatic hydroxyl groups is 1. The lowest BCUT2D eigenvalue weighted by Gasteiger charge is -2.35. The lowest BCUT2D eigenvalue weighted by atomic mass is 9.99. The van der Waals surface area contributed by atoms with E-state index in [0.717, 1.165) is 12.8 Å². The van der Waals surface area contributed by atoms with Crippen molar-refractivity contribution in [1.82, 2.24) is 0 Å². The van der Waals surface area contributed by atoms with Crippen LogP contribution in [0.5, 0.6) is 0 Å². The molecule has 0 aromatic heterocycles. The molecule has 0 heterocycles. The van der Waals surface area contributed by atoms with Crippen LogP contribution in [0.4, 0.5) is 16.2 Å². The molecule has 2 rings (SSSR count). The molecule has 0 spiro atoms. The number of rotatable bonds is 8. The van der Waals surface area contributed by atoms with Crippen molar-refractivity contribution in [3.8, 4) is 0 Å². The number of aliphatic hydroxyl groups excluding tert-OH is 1. The van der Waals surface area contributed by atoms with Gasteiger partial charge in [0.05, 0.1) is 12.1 Å². The van der Waals surface area contributed by atoms with Crippen molar-refractivity contribution >= 4 is 40.6 Å². The summed E-state index contributed by atoms with van der Waals surface area (Å²) in [6.45, 7) is 4.06. The molecular weight excluding hydrogens is 383 g/mol. The van der Waals surface area contributed by atoms with E-state index in [4.69, 9.17) is 23.2 Å². The van der Waals surface area contributed by atoms with E-state index in [2.05, 4.69) is 5.32 Å². The highest BCUT2D eigenvalue weighted by Gasteiger charge is 2.30. The molecule has 0 bridgehead atoms. The van der Waals surface area contributed by atoms with Crippen LogP contribution in [0.25, 0.3) is 0 Å². The van der Waals surface area contributed by atoms with E-state index >= 15 is 0 Å². The minimum atomic E-state index is -0.610. The van der Waals surface area contributed by atoms with Gasteiger partial charge >= 0.3 is 6.03 Å². The zero-order valence-corrected chi connectivity index (χ0v) is 17.2. The fourth-order valence-corrected chi connectivity index (χ4v) is 3.31. The number of nitrogens with one attached hydrogen (secondary N) is 1. The molecule has 2 atom stereocenters. The van der Waals surface area contributed by atoms with Crippen molar-refractivity contribution < 1.29 is 9.90 Å². The highest BCUT2D eigenvalue weighted by atomic mass is 35.5. The quantitative estimate of drug-likeness (QED) is 0.533. The summed E-state index contributed by atoms with van der Waals surface area (Å²) in [5, 5.41) is 14.8.